The molecular formula is C17H38O3Si2. The number of hydrogen-bond donors (Lipinski definition) is 0. The molecule has 0 spiro atoms. The van der Waals surface area contributed by atoms with E-state index in [1.54, 1.807) is 6.92 Å². The predicted molar refractivity (Wildman–Crippen MR) is 102 cm³/mol. The molecule has 0 rings (SSSR count). The monoisotopic (exact) mass is 346 g/mol. The fourth-order valence-corrected chi connectivity index (χ4v) is 11.3. The predicted octanol–water partition coefficient (Wildman–Crippen LogP) is 5.75. The van der Waals surface area contributed by atoms with E-state index < -0.39 is 16.6 Å². The highest BCUT2D eigenvalue weighted by molar-refractivity contribution is 6.84. The lowest BCUT2D eigenvalue weighted by Crippen LogP contribution is -2.44. The van der Waals surface area contributed by atoms with E-state index in [4.69, 9.17) is 8.85 Å². The van der Waals surface area contributed by atoms with Crippen LogP contribution in [-0.2, 0) is 13.6 Å². The molecule has 0 amide bonds. The topological polar surface area (TPSA) is 35.5 Å². The van der Waals surface area contributed by atoms with Gasteiger partial charge in [-0.15, -0.1) is 0 Å². The van der Waals surface area contributed by atoms with Gasteiger partial charge < -0.3 is 8.85 Å². The van der Waals surface area contributed by atoms with E-state index in [2.05, 4.69) is 39.7 Å². The van der Waals surface area contributed by atoms with Crippen molar-refractivity contribution in [3.63, 3.8) is 0 Å². The summed E-state index contributed by atoms with van der Waals surface area (Å²) in [4.78, 5) is 11.3. The molecule has 0 aliphatic carbocycles. The van der Waals surface area contributed by atoms with Crippen LogP contribution in [0.3, 0.4) is 0 Å². The molecule has 0 fully saturated rings. The number of ether oxygens (including phenoxy) is 1. The van der Waals surface area contributed by atoms with Gasteiger partial charge in [0.2, 0.25) is 0 Å². The number of unbranched alkanes of at least 4 members (excludes halogenated alkanes) is 2. The molecule has 0 saturated heterocycles. The highest BCUT2D eigenvalue weighted by Gasteiger charge is 2.32. The summed E-state index contributed by atoms with van der Waals surface area (Å²) >= 11 is 0. The molecule has 0 unspecified atom stereocenters. The van der Waals surface area contributed by atoms with Gasteiger partial charge >= 0.3 is 5.97 Å². The molecule has 0 saturated carbocycles. The van der Waals surface area contributed by atoms with Crippen LogP contribution < -0.4 is 0 Å². The average molecular weight is 347 g/mol. The van der Waals surface area contributed by atoms with E-state index in [-0.39, 0.29) is 13.4 Å². The molecule has 5 heteroatoms. The van der Waals surface area contributed by atoms with Crippen molar-refractivity contribution in [2.45, 2.75) is 85.2 Å². The first-order valence-electron chi connectivity index (χ1n) is 8.12. The Morgan fingerprint density at radius 2 is 1.50 bits per heavy atom. The Bertz CT molecular complexity index is 339. The smallest absolute Gasteiger partial charge is 0.333 e. The molecule has 0 aliphatic heterocycles. The van der Waals surface area contributed by atoms with Crippen molar-refractivity contribution < 1.29 is 13.6 Å². The molecular weight excluding hydrogens is 308 g/mol. The molecule has 0 heterocycles. The standard InChI is InChI=1S/C16H34O3Si2.CH4/c1-8-9-10-13-20(4,5)19-21(6,7)14-11-12-18-16(17)15(2)3;/h2,8-14H2,1,3-7H3;1H4. The lowest BCUT2D eigenvalue weighted by molar-refractivity contribution is -0.138. The lowest BCUT2D eigenvalue weighted by Gasteiger charge is -2.34. The van der Waals surface area contributed by atoms with Gasteiger partial charge in [-0.3, -0.25) is 0 Å². The van der Waals surface area contributed by atoms with Gasteiger partial charge in [0.25, 0.3) is 0 Å². The van der Waals surface area contributed by atoms with Crippen LogP contribution in [0.2, 0.25) is 38.3 Å². The second kappa shape index (κ2) is 11.2. The summed E-state index contributed by atoms with van der Waals surface area (Å²) in [5, 5.41) is 0. The van der Waals surface area contributed by atoms with Crippen LogP contribution in [-0.4, -0.2) is 29.2 Å². The Morgan fingerprint density at radius 1 is 1.00 bits per heavy atom. The number of hydrogen-bond acceptors (Lipinski definition) is 3. The van der Waals surface area contributed by atoms with Crippen molar-refractivity contribution in [3.8, 4) is 0 Å². The zero-order valence-corrected chi connectivity index (χ0v) is 16.9. The van der Waals surface area contributed by atoms with Gasteiger partial charge in [0.1, 0.15) is 0 Å². The average Bonchev–Trinajstić information content (AvgIpc) is 2.33. The molecule has 0 N–H and O–H groups in total. The molecule has 0 radical (unpaired) electrons. The number of rotatable bonds is 11. The van der Waals surface area contributed by atoms with Crippen LogP contribution in [0.25, 0.3) is 0 Å². The fraction of sp³-hybridized carbons (Fsp3) is 0.824. The minimum absolute atomic E-state index is 0. The van der Waals surface area contributed by atoms with Crippen LogP contribution in [0.15, 0.2) is 12.2 Å². The summed E-state index contributed by atoms with van der Waals surface area (Å²) in [5.41, 5.74) is 0.465. The van der Waals surface area contributed by atoms with Crippen molar-refractivity contribution in [1.82, 2.24) is 0 Å². The Morgan fingerprint density at radius 3 is 1.95 bits per heavy atom. The minimum atomic E-state index is -1.65. The highest BCUT2D eigenvalue weighted by atomic mass is 28.4. The van der Waals surface area contributed by atoms with Gasteiger partial charge in [-0.2, -0.15) is 0 Å². The van der Waals surface area contributed by atoms with E-state index in [0.29, 0.717) is 12.2 Å². The third-order valence-corrected chi connectivity index (χ3v) is 11.0. The van der Waals surface area contributed by atoms with E-state index >= 15 is 0 Å². The third-order valence-electron chi connectivity index (χ3n) is 3.44. The molecule has 0 aromatic carbocycles. The third kappa shape index (κ3) is 12.2. The van der Waals surface area contributed by atoms with Crippen molar-refractivity contribution in [2.24, 2.45) is 0 Å². The lowest BCUT2D eigenvalue weighted by atomic mass is 10.3. The van der Waals surface area contributed by atoms with Crippen molar-refractivity contribution in [3.05, 3.63) is 12.2 Å². The summed E-state index contributed by atoms with van der Waals surface area (Å²) in [6.45, 7) is 17.2. The second-order valence-electron chi connectivity index (χ2n) is 7.10. The van der Waals surface area contributed by atoms with E-state index in [1.807, 2.05) is 0 Å². The van der Waals surface area contributed by atoms with Gasteiger partial charge in [0.05, 0.1) is 6.61 Å². The zero-order valence-electron chi connectivity index (χ0n) is 14.9. The molecule has 0 aliphatic rings. The van der Waals surface area contributed by atoms with Crippen molar-refractivity contribution >= 4 is 22.6 Å². The summed E-state index contributed by atoms with van der Waals surface area (Å²) in [5.74, 6) is -0.287. The first-order chi connectivity index (χ1) is 9.59. The van der Waals surface area contributed by atoms with Crippen LogP contribution in [0.1, 0.15) is 47.0 Å². The second-order valence-corrected chi connectivity index (χ2v) is 16.0. The van der Waals surface area contributed by atoms with E-state index in [0.717, 1.165) is 12.5 Å². The molecule has 22 heavy (non-hydrogen) atoms. The molecule has 0 aromatic rings. The van der Waals surface area contributed by atoms with Crippen molar-refractivity contribution in [1.29, 1.82) is 0 Å². The first kappa shape index (κ1) is 23.9. The Kier molecular flexibility index (Phi) is 12.1. The maximum atomic E-state index is 11.3. The van der Waals surface area contributed by atoms with E-state index in [9.17, 15) is 4.79 Å². The van der Waals surface area contributed by atoms with Crippen LogP contribution in [0, 0.1) is 0 Å². The first-order valence-corrected chi connectivity index (χ1v) is 14.4. The number of carbonyl (C=O) groups is 1. The van der Waals surface area contributed by atoms with E-state index in [1.165, 1.54) is 25.3 Å². The minimum Gasteiger partial charge on any atom is -0.462 e. The Balaban J connectivity index is 0. The van der Waals surface area contributed by atoms with Gasteiger partial charge in [0, 0.05) is 5.57 Å². The fourth-order valence-electron chi connectivity index (χ4n) is 2.44. The quantitative estimate of drug-likeness (QED) is 0.207. The Labute approximate surface area is 140 Å². The molecule has 132 valence electrons. The molecule has 0 atom stereocenters. The summed E-state index contributed by atoms with van der Waals surface area (Å²) in [6.07, 6.45) is 4.74. The van der Waals surface area contributed by atoms with Gasteiger partial charge in [0.15, 0.2) is 16.6 Å². The number of esters is 1. The summed E-state index contributed by atoms with van der Waals surface area (Å²) in [7, 11) is -3.19. The molecule has 0 aromatic heterocycles. The highest BCUT2D eigenvalue weighted by Crippen LogP contribution is 2.24. The van der Waals surface area contributed by atoms with Crippen LogP contribution in [0.4, 0.5) is 0 Å². The van der Waals surface area contributed by atoms with Gasteiger partial charge in [-0.05, 0) is 51.6 Å². The normalized spacial score (nSPS) is 11.7. The van der Waals surface area contributed by atoms with Crippen molar-refractivity contribution in [2.75, 3.05) is 6.61 Å². The zero-order chi connectivity index (χ0) is 16.5. The summed E-state index contributed by atoms with van der Waals surface area (Å²) in [6, 6.07) is 2.29. The maximum Gasteiger partial charge on any atom is 0.333 e. The van der Waals surface area contributed by atoms with Crippen LogP contribution in [0.5, 0.6) is 0 Å². The SMILES string of the molecule is C.C=C(C)C(=O)OCCC[Si](C)(C)O[Si](C)(C)CCCCC. The van der Waals surface area contributed by atoms with Gasteiger partial charge in [-0.1, -0.05) is 40.2 Å². The maximum absolute atomic E-state index is 11.3. The summed E-state index contributed by atoms with van der Waals surface area (Å²) < 4.78 is 11.7. The van der Waals surface area contributed by atoms with Crippen LogP contribution >= 0.6 is 0 Å². The largest absolute Gasteiger partial charge is 0.462 e. The molecule has 0 bridgehead atoms. The molecule has 3 nitrogen and oxygen atoms in total. The van der Waals surface area contributed by atoms with Gasteiger partial charge in [-0.25, -0.2) is 4.79 Å². The Hall–Kier alpha value is -0.396. The number of carbonyl (C=O) groups excluding carboxylic acids is 1.